The number of likely N-dealkylation sites (N-methyl/N-ethyl adjacent to an activating group) is 1. The Hall–Kier alpha value is -4.58. The van der Waals surface area contributed by atoms with Crippen molar-refractivity contribution in [3.8, 4) is 11.5 Å². The van der Waals surface area contributed by atoms with Gasteiger partial charge in [0.05, 0.1) is 31.8 Å². The van der Waals surface area contributed by atoms with Crippen LogP contribution in [0.4, 0.5) is 37.3 Å². The van der Waals surface area contributed by atoms with Gasteiger partial charge in [0.1, 0.15) is 11.5 Å². The quantitative estimate of drug-likeness (QED) is 0.264. The van der Waals surface area contributed by atoms with Gasteiger partial charge in [-0.25, -0.2) is 13.8 Å². The molecule has 1 aliphatic rings. The van der Waals surface area contributed by atoms with Gasteiger partial charge in [0.2, 0.25) is 0 Å². The minimum Gasteiger partial charge on any atom is -0.493 e. The topological polar surface area (TPSA) is 118 Å². The Morgan fingerprint density at radius 3 is 2.38 bits per heavy atom. The number of carbonyl (C=O) groups is 1. The molecule has 1 fully saturated rings. The van der Waals surface area contributed by atoms with Crippen LogP contribution in [0.25, 0.3) is 11.0 Å². The summed E-state index contributed by atoms with van der Waals surface area (Å²) in [6, 6.07) is 10.0. The maximum atomic E-state index is 14.7. The van der Waals surface area contributed by atoms with E-state index in [4.69, 9.17) is 19.6 Å². The molecule has 0 bridgehead atoms. The van der Waals surface area contributed by atoms with Crippen molar-refractivity contribution in [3.05, 3.63) is 60.0 Å². The Kier molecular flexibility index (Phi) is 7.60. The fourth-order valence-electron chi connectivity index (χ4n) is 4.62. The highest BCUT2D eigenvalue weighted by molar-refractivity contribution is 6.05. The maximum absolute atomic E-state index is 14.7. The number of carbonyl (C=O) groups excluding carboxylic acids is 1. The van der Waals surface area contributed by atoms with Crippen LogP contribution >= 0.6 is 0 Å². The van der Waals surface area contributed by atoms with E-state index in [2.05, 4.69) is 32.3 Å². The van der Waals surface area contributed by atoms with E-state index < -0.39 is 23.2 Å². The van der Waals surface area contributed by atoms with Crippen LogP contribution in [0.1, 0.15) is 17.5 Å². The van der Waals surface area contributed by atoms with Crippen molar-refractivity contribution in [2.24, 2.45) is 0 Å². The summed E-state index contributed by atoms with van der Waals surface area (Å²) in [5.41, 5.74) is 8.26. The zero-order valence-electron chi connectivity index (χ0n) is 22.4. The van der Waals surface area contributed by atoms with E-state index in [1.807, 2.05) is 18.2 Å². The van der Waals surface area contributed by atoms with Gasteiger partial charge >= 0.3 is 0 Å². The molecule has 40 heavy (non-hydrogen) atoms. The Morgan fingerprint density at radius 1 is 1.05 bits per heavy atom. The first-order valence-corrected chi connectivity index (χ1v) is 12.8. The smallest absolute Gasteiger partial charge is 0.291 e. The van der Waals surface area contributed by atoms with Gasteiger partial charge in [0, 0.05) is 43.3 Å². The fourth-order valence-corrected chi connectivity index (χ4v) is 4.62. The molecule has 5 rings (SSSR count). The van der Waals surface area contributed by atoms with Crippen molar-refractivity contribution in [2.45, 2.75) is 6.92 Å². The molecule has 10 nitrogen and oxygen atoms in total. The van der Waals surface area contributed by atoms with Gasteiger partial charge in [-0.05, 0) is 36.9 Å². The summed E-state index contributed by atoms with van der Waals surface area (Å²) in [5.74, 6) is -3.28. The number of furan rings is 1. The number of aromatic nitrogens is 1. The molecule has 2 aromatic heterocycles. The van der Waals surface area contributed by atoms with E-state index in [0.29, 0.717) is 28.2 Å². The van der Waals surface area contributed by atoms with E-state index >= 15 is 0 Å². The number of anilines is 5. The molecule has 0 aliphatic carbocycles. The van der Waals surface area contributed by atoms with Gasteiger partial charge in [-0.3, -0.25) is 4.79 Å². The first-order valence-electron chi connectivity index (χ1n) is 12.8. The number of nitrogen functional groups attached to an aromatic ring is 1. The number of nitrogens with one attached hydrogen (secondary N) is 2. The van der Waals surface area contributed by atoms with Crippen LogP contribution in [0.15, 0.2) is 47.0 Å². The van der Waals surface area contributed by atoms with E-state index in [-0.39, 0.29) is 17.3 Å². The highest BCUT2D eigenvalue weighted by Crippen LogP contribution is 2.35. The lowest BCUT2D eigenvalue weighted by molar-refractivity contribution is 0.0997. The summed E-state index contributed by atoms with van der Waals surface area (Å²) >= 11 is 0. The number of hydrogen-bond donors (Lipinski definition) is 3. The van der Waals surface area contributed by atoms with Gasteiger partial charge in [0.25, 0.3) is 5.91 Å². The van der Waals surface area contributed by atoms with Crippen molar-refractivity contribution < 1.29 is 27.5 Å². The average molecular weight is 553 g/mol. The molecule has 0 saturated carbocycles. The molecule has 4 N–H and O–H groups in total. The molecule has 2 aromatic carbocycles. The lowest BCUT2D eigenvalue weighted by atomic mass is 10.2. The molecule has 0 atom stereocenters. The first-order chi connectivity index (χ1) is 19.3. The number of fused-ring (bicyclic) bond motifs is 1. The van der Waals surface area contributed by atoms with Crippen LogP contribution in [0.5, 0.6) is 11.5 Å². The summed E-state index contributed by atoms with van der Waals surface area (Å²) in [4.78, 5) is 21.9. The van der Waals surface area contributed by atoms with Crippen LogP contribution in [0.3, 0.4) is 0 Å². The second-order valence-corrected chi connectivity index (χ2v) is 9.27. The van der Waals surface area contributed by atoms with Crippen LogP contribution in [-0.4, -0.2) is 62.7 Å². The van der Waals surface area contributed by atoms with Gasteiger partial charge in [-0.15, -0.1) is 0 Å². The number of nitrogens with two attached hydrogens (primary N) is 1. The summed E-state index contributed by atoms with van der Waals surface area (Å²) in [6.45, 7) is 7.14. The summed E-state index contributed by atoms with van der Waals surface area (Å²) in [7, 11) is 2.44. The average Bonchev–Trinajstić information content (AvgIpc) is 3.40. The number of amides is 1. The molecular weight excluding hydrogens is 522 g/mol. The number of rotatable bonds is 8. The predicted octanol–water partition coefficient (Wildman–Crippen LogP) is 4.84. The monoisotopic (exact) mass is 552 g/mol. The largest absolute Gasteiger partial charge is 0.493 e. The van der Waals surface area contributed by atoms with E-state index in [9.17, 15) is 13.6 Å². The summed E-state index contributed by atoms with van der Waals surface area (Å²) < 4.78 is 44.8. The van der Waals surface area contributed by atoms with E-state index in [0.717, 1.165) is 44.5 Å². The van der Waals surface area contributed by atoms with Crippen LogP contribution in [0.2, 0.25) is 0 Å². The number of nitrogens with zero attached hydrogens (tertiary/aromatic N) is 3. The molecule has 1 amide bonds. The van der Waals surface area contributed by atoms with Crippen LogP contribution in [0, 0.1) is 11.6 Å². The second kappa shape index (κ2) is 11.3. The maximum Gasteiger partial charge on any atom is 0.291 e. The number of pyridine rings is 1. The molecule has 1 aliphatic heterocycles. The number of methoxy groups -OCH3 is 2. The standard InChI is InChI=1S/C28H30F2N6O4/c1-4-35-7-9-36(10-8-35)17-5-6-19(18(31)13-17)33-24-12-16-11-22(40-23(16)15-32-24)28(37)34-27-25(29)20(38-2)14-21(39-3)26(27)30/h5-6,11-15H,4,7-10,31H2,1-3H3,(H,32,33)(H,34,37). The third kappa shape index (κ3) is 5.30. The molecule has 12 heteroatoms. The normalized spacial score (nSPS) is 13.9. The van der Waals surface area contributed by atoms with Gasteiger partial charge in [-0.2, -0.15) is 0 Å². The Balaban J connectivity index is 1.32. The van der Waals surface area contributed by atoms with Gasteiger partial charge in [-0.1, -0.05) is 6.92 Å². The van der Waals surface area contributed by atoms with Crippen molar-refractivity contribution in [1.82, 2.24) is 9.88 Å². The zero-order valence-corrected chi connectivity index (χ0v) is 22.4. The van der Waals surface area contributed by atoms with Crippen LogP contribution < -0.4 is 30.7 Å². The van der Waals surface area contributed by atoms with Crippen molar-refractivity contribution in [3.63, 3.8) is 0 Å². The summed E-state index contributed by atoms with van der Waals surface area (Å²) in [6.07, 6.45) is 1.45. The SMILES string of the molecule is CCN1CCN(c2ccc(Nc3cc4cc(C(=O)Nc5c(F)c(OC)cc(OC)c5F)oc4cn3)c(N)c2)CC1. The number of ether oxygens (including phenoxy) is 2. The molecule has 0 unspecified atom stereocenters. The molecule has 4 aromatic rings. The van der Waals surface area contributed by atoms with E-state index in [1.54, 1.807) is 6.07 Å². The van der Waals surface area contributed by atoms with Crippen molar-refractivity contribution >= 4 is 45.4 Å². The number of hydrogen-bond acceptors (Lipinski definition) is 9. The van der Waals surface area contributed by atoms with Gasteiger partial charge < -0.3 is 40.1 Å². The Bertz CT molecular complexity index is 1520. The minimum atomic E-state index is -1.08. The van der Waals surface area contributed by atoms with Crippen LogP contribution in [-0.2, 0) is 0 Å². The molecule has 210 valence electrons. The lowest BCUT2D eigenvalue weighted by Crippen LogP contribution is -2.46. The second-order valence-electron chi connectivity index (χ2n) is 9.27. The number of halogens is 2. The predicted molar refractivity (Wildman–Crippen MR) is 150 cm³/mol. The molecule has 0 radical (unpaired) electrons. The molecule has 3 heterocycles. The number of benzene rings is 2. The minimum absolute atomic E-state index is 0.165. The molecular formula is C28H30F2N6O4. The fraction of sp³-hybridized carbons (Fsp3) is 0.286. The third-order valence-electron chi connectivity index (χ3n) is 6.92. The third-order valence-corrected chi connectivity index (χ3v) is 6.92. The first kappa shape index (κ1) is 27.0. The highest BCUT2D eigenvalue weighted by atomic mass is 19.1. The van der Waals surface area contributed by atoms with Crippen molar-refractivity contribution in [1.29, 1.82) is 0 Å². The lowest BCUT2D eigenvalue weighted by Gasteiger charge is -2.35. The Morgan fingerprint density at radius 2 is 1.75 bits per heavy atom. The number of piperazine rings is 1. The molecule has 1 saturated heterocycles. The van der Waals surface area contributed by atoms with Gasteiger partial charge in [0.15, 0.2) is 34.5 Å². The molecule has 0 spiro atoms. The van der Waals surface area contributed by atoms with Crippen molar-refractivity contribution in [2.75, 3.05) is 68.2 Å². The zero-order chi connectivity index (χ0) is 28.4. The summed E-state index contributed by atoms with van der Waals surface area (Å²) in [5, 5.41) is 5.95. The Labute approximate surface area is 229 Å². The van der Waals surface area contributed by atoms with E-state index in [1.165, 1.54) is 26.5 Å². The highest BCUT2D eigenvalue weighted by Gasteiger charge is 2.24.